The van der Waals surface area contributed by atoms with Gasteiger partial charge in [0.2, 0.25) is 11.8 Å². The van der Waals surface area contributed by atoms with Crippen LogP contribution in [-0.4, -0.2) is 47.3 Å². The highest BCUT2D eigenvalue weighted by molar-refractivity contribution is 5.95. The molecule has 3 rings (SSSR count). The summed E-state index contributed by atoms with van der Waals surface area (Å²) < 4.78 is 0. The van der Waals surface area contributed by atoms with Gasteiger partial charge in [0.05, 0.1) is 6.54 Å². The fourth-order valence-electron chi connectivity index (χ4n) is 2.63. The molecular weight excluding hydrogens is 192 g/mol. The van der Waals surface area contributed by atoms with Gasteiger partial charge in [0.1, 0.15) is 6.04 Å². The molecule has 1 unspecified atom stereocenters. The van der Waals surface area contributed by atoms with E-state index < -0.39 is 0 Å². The Balaban J connectivity index is 1.74. The van der Waals surface area contributed by atoms with E-state index in [-0.39, 0.29) is 17.9 Å². The lowest BCUT2D eigenvalue weighted by Crippen LogP contribution is -2.57. The first-order chi connectivity index (χ1) is 7.25. The summed E-state index contributed by atoms with van der Waals surface area (Å²) in [6, 6.07) is -0.120. The van der Waals surface area contributed by atoms with E-state index in [0.29, 0.717) is 12.5 Å². The zero-order valence-electron chi connectivity index (χ0n) is 8.82. The Labute approximate surface area is 89.2 Å². The molecule has 0 spiro atoms. The highest BCUT2D eigenvalue weighted by Crippen LogP contribution is 2.32. The SMILES string of the molecule is O=C1C2CCCN2C(=O)CN1CC1CC1. The van der Waals surface area contributed by atoms with Crippen LogP contribution in [0.3, 0.4) is 0 Å². The number of fused-ring (bicyclic) bond motifs is 1. The molecule has 3 aliphatic rings. The summed E-state index contributed by atoms with van der Waals surface area (Å²) in [6.07, 6.45) is 4.31. The number of hydrogen-bond donors (Lipinski definition) is 0. The van der Waals surface area contributed by atoms with E-state index in [2.05, 4.69) is 0 Å². The van der Waals surface area contributed by atoms with E-state index in [9.17, 15) is 9.59 Å². The molecule has 1 saturated carbocycles. The van der Waals surface area contributed by atoms with E-state index >= 15 is 0 Å². The number of nitrogens with zero attached hydrogens (tertiary/aromatic N) is 2. The highest BCUT2D eigenvalue weighted by Gasteiger charge is 2.42. The molecule has 2 saturated heterocycles. The van der Waals surface area contributed by atoms with Crippen LogP contribution in [0, 0.1) is 5.92 Å². The van der Waals surface area contributed by atoms with Crippen LogP contribution in [0.2, 0.25) is 0 Å². The van der Waals surface area contributed by atoms with Crippen molar-refractivity contribution in [1.82, 2.24) is 9.80 Å². The van der Waals surface area contributed by atoms with Gasteiger partial charge in [-0.3, -0.25) is 9.59 Å². The van der Waals surface area contributed by atoms with Crippen molar-refractivity contribution < 1.29 is 9.59 Å². The lowest BCUT2D eigenvalue weighted by Gasteiger charge is -2.36. The molecule has 0 aromatic rings. The third-order valence-electron chi connectivity index (χ3n) is 3.67. The summed E-state index contributed by atoms with van der Waals surface area (Å²) in [5, 5.41) is 0. The Morgan fingerprint density at radius 3 is 2.73 bits per heavy atom. The average Bonchev–Trinajstić information content (AvgIpc) is 2.88. The third-order valence-corrected chi connectivity index (χ3v) is 3.67. The topological polar surface area (TPSA) is 40.6 Å². The average molecular weight is 208 g/mol. The summed E-state index contributed by atoms with van der Waals surface area (Å²) in [5.74, 6) is 1.02. The van der Waals surface area contributed by atoms with Crippen molar-refractivity contribution in [2.75, 3.05) is 19.6 Å². The molecule has 15 heavy (non-hydrogen) atoms. The van der Waals surface area contributed by atoms with Crippen LogP contribution in [0.4, 0.5) is 0 Å². The highest BCUT2D eigenvalue weighted by atomic mass is 16.2. The molecule has 2 aliphatic heterocycles. The smallest absolute Gasteiger partial charge is 0.245 e. The fraction of sp³-hybridized carbons (Fsp3) is 0.818. The predicted molar refractivity (Wildman–Crippen MR) is 54.0 cm³/mol. The van der Waals surface area contributed by atoms with Crippen molar-refractivity contribution >= 4 is 11.8 Å². The molecular formula is C11H16N2O2. The van der Waals surface area contributed by atoms with Gasteiger partial charge in [0, 0.05) is 13.1 Å². The number of hydrogen-bond acceptors (Lipinski definition) is 2. The lowest BCUT2D eigenvalue weighted by atomic mass is 10.1. The summed E-state index contributed by atoms with van der Waals surface area (Å²) in [4.78, 5) is 27.4. The number of carbonyl (C=O) groups excluding carboxylic acids is 2. The second-order valence-electron chi connectivity index (χ2n) is 4.91. The van der Waals surface area contributed by atoms with Crippen molar-refractivity contribution in [1.29, 1.82) is 0 Å². The minimum atomic E-state index is -0.120. The summed E-state index contributed by atoms with van der Waals surface area (Å²) in [7, 11) is 0. The molecule has 2 amide bonds. The van der Waals surface area contributed by atoms with Crippen molar-refractivity contribution in [2.24, 2.45) is 5.92 Å². The van der Waals surface area contributed by atoms with Gasteiger partial charge in [-0.25, -0.2) is 0 Å². The first kappa shape index (κ1) is 9.19. The van der Waals surface area contributed by atoms with Crippen LogP contribution in [0.1, 0.15) is 25.7 Å². The van der Waals surface area contributed by atoms with Gasteiger partial charge in [-0.05, 0) is 31.6 Å². The Morgan fingerprint density at radius 1 is 1.20 bits per heavy atom. The Bertz CT molecular complexity index is 312. The molecule has 4 heteroatoms. The zero-order chi connectivity index (χ0) is 10.4. The molecule has 0 N–H and O–H groups in total. The van der Waals surface area contributed by atoms with E-state index in [1.165, 1.54) is 12.8 Å². The predicted octanol–water partition coefficient (Wildman–Crippen LogP) is 0.230. The largest absolute Gasteiger partial charge is 0.331 e. The van der Waals surface area contributed by atoms with Crippen LogP contribution in [0.15, 0.2) is 0 Å². The molecule has 0 aromatic carbocycles. The number of rotatable bonds is 2. The maximum atomic E-state index is 12.0. The minimum Gasteiger partial charge on any atom is -0.331 e. The standard InChI is InChI=1S/C11H16N2O2/c14-10-7-12(6-8-3-4-8)11(15)9-2-1-5-13(9)10/h8-9H,1-7H2. The van der Waals surface area contributed by atoms with E-state index in [1.54, 1.807) is 9.80 Å². The number of piperazine rings is 1. The molecule has 0 aromatic heterocycles. The molecule has 3 fully saturated rings. The Kier molecular flexibility index (Phi) is 1.97. The molecule has 1 aliphatic carbocycles. The Hall–Kier alpha value is -1.06. The summed E-state index contributed by atoms with van der Waals surface area (Å²) in [5.41, 5.74) is 0. The zero-order valence-corrected chi connectivity index (χ0v) is 8.82. The van der Waals surface area contributed by atoms with Gasteiger partial charge in [-0.2, -0.15) is 0 Å². The van der Waals surface area contributed by atoms with E-state index in [1.807, 2.05) is 0 Å². The van der Waals surface area contributed by atoms with Crippen molar-refractivity contribution in [3.05, 3.63) is 0 Å². The van der Waals surface area contributed by atoms with Crippen LogP contribution in [-0.2, 0) is 9.59 Å². The van der Waals surface area contributed by atoms with E-state index in [4.69, 9.17) is 0 Å². The van der Waals surface area contributed by atoms with Crippen LogP contribution >= 0.6 is 0 Å². The van der Waals surface area contributed by atoms with Crippen LogP contribution in [0.5, 0.6) is 0 Å². The monoisotopic (exact) mass is 208 g/mol. The van der Waals surface area contributed by atoms with Crippen molar-refractivity contribution in [3.8, 4) is 0 Å². The van der Waals surface area contributed by atoms with Crippen LogP contribution < -0.4 is 0 Å². The van der Waals surface area contributed by atoms with Gasteiger partial charge in [0.25, 0.3) is 0 Å². The molecule has 4 nitrogen and oxygen atoms in total. The first-order valence-electron chi connectivity index (χ1n) is 5.84. The van der Waals surface area contributed by atoms with Gasteiger partial charge < -0.3 is 9.80 Å². The normalized spacial score (nSPS) is 31.1. The number of amides is 2. The number of carbonyl (C=O) groups is 2. The van der Waals surface area contributed by atoms with Gasteiger partial charge in [-0.1, -0.05) is 0 Å². The molecule has 1 atom stereocenters. The maximum Gasteiger partial charge on any atom is 0.245 e. The fourth-order valence-corrected chi connectivity index (χ4v) is 2.63. The van der Waals surface area contributed by atoms with Gasteiger partial charge in [0.15, 0.2) is 0 Å². The minimum absolute atomic E-state index is 0.120. The maximum absolute atomic E-state index is 12.0. The summed E-state index contributed by atoms with van der Waals surface area (Å²) in [6.45, 7) is 1.92. The molecule has 0 radical (unpaired) electrons. The second kappa shape index (κ2) is 3.22. The Morgan fingerprint density at radius 2 is 2.00 bits per heavy atom. The quantitative estimate of drug-likeness (QED) is 0.651. The molecule has 0 bridgehead atoms. The second-order valence-corrected chi connectivity index (χ2v) is 4.91. The first-order valence-corrected chi connectivity index (χ1v) is 5.84. The van der Waals surface area contributed by atoms with Crippen molar-refractivity contribution in [2.45, 2.75) is 31.7 Å². The van der Waals surface area contributed by atoms with E-state index in [0.717, 1.165) is 25.9 Å². The van der Waals surface area contributed by atoms with Crippen LogP contribution in [0.25, 0.3) is 0 Å². The molecule has 2 heterocycles. The van der Waals surface area contributed by atoms with Gasteiger partial charge >= 0.3 is 0 Å². The summed E-state index contributed by atoms with van der Waals surface area (Å²) >= 11 is 0. The van der Waals surface area contributed by atoms with Gasteiger partial charge in [-0.15, -0.1) is 0 Å². The molecule has 82 valence electrons. The third kappa shape index (κ3) is 1.52. The lowest BCUT2D eigenvalue weighted by molar-refractivity contribution is -0.153. The van der Waals surface area contributed by atoms with Crippen molar-refractivity contribution in [3.63, 3.8) is 0 Å².